The molecule has 0 fully saturated rings. The fraction of sp³-hybridized carbons (Fsp3) is 0.750. The van der Waals surface area contributed by atoms with Gasteiger partial charge in [0.25, 0.3) is 0 Å². The Hall–Kier alpha value is -1.03. The molecule has 16 heavy (non-hydrogen) atoms. The quantitative estimate of drug-likeness (QED) is 0.687. The van der Waals surface area contributed by atoms with E-state index in [1.165, 1.54) is 12.8 Å². The van der Waals surface area contributed by atoms with Crippen LogP contribution in [-0.4, -0.2) is 29.0 Å². The summed E-state index contributed by atoms with van der Waals surface area (Å²) in [5.41, 5.74) is 0. The smallest absolute Gasteiger partial charge is 0.157 e. The molecule has 0 aliphatic heterocycles. The van der Waals surface area contributed by atoms with Crippen LogP contribution in [0.3, 0.4) is 0 Å². The monoisotopic (exact) mass is 225 g/mol. The summed E-state index contributed by atoms with van der Waals surface area (Å²) in [4.78, 5) is 0. The highest BCUT2D eigenvalue weighted by Gasteiger charge is 1.96. The van der Waals surface area contributed by atoms with Gasteiger partial charge in [-0.05, 0) is 25.8 Å². The number of hydrogen-bond acceptors (Lipinski definition) is 3. The zero-order chi connectivity index (χ0) is 11.8. The topological polar surface area (TPSA) is 39.1 Å². The molecular weight excluding hydrogens is 202 g/mol. The average Bonchev–Trinajstić information content (AvgIpc) is 2.62. The van der Waals surface area contributed by atoms with Crippen LogP contribution >= 0.6 is 0 Å². The van der Waals surface area contributed by atoms with E-state index in [0.717, 1.165) is 25.3 Å². The minimum absolute atomic E-state index is 0.589. The molecule has 1 heterocycles. The summed E-state index contributed by atoms with van der Waals surface area (Å²) < 4.78 is 7.30. The van der Waals surface area contributed by atoms with Crippen molar-refractivity contribution in [3.05, 3.63) is 12.4 Å². The minimum Gasteiger partial charge on any atom is -0.490 e. The van der Waals surface area contributed by atoms with Crippen LogP contribution < -0.4 is 10.1 Å². The number of rotatable bonds is 8. The fourth-order valence-electron chi connectivity index (χ4n) is 1.46. The zero-order valence-electron chi connectivity index (χ0n) is 10.6. The summed E-state index contributed by atoms with van der Waals surface area (Å²) in [6, 6.07) is 0.589. The molecule has 0 atom stereocenters. The molecule has 0 aliphatic carbocycles. The first kappa shape index (κ1) is 13.0. The molecule has 0 spiro atoms. The van der Waals surface area contributed by atoms with Crippen molar-refractivity contribution < 1.29 is 4.74 Å². The maximum absolute atomic E-state index is 5.55. The summed E-state index contributed by atoms with van der Waals surface area (Å²) in [6.45, 7) is 6.23. The Morgan fingerprint density at radius 2 is 2.19 bits per heavy atom. The lowest BCUT2D eigenvalue weighted by Gasteiger charge is -2.07. The first-order valence-electron chi connectivity index (χ1n) is 6.03. The van der Waals surface area contributed by atoms with Gasteiger partial charge < -0.3 is 10.1 Å². The maximum Gasteiger partial charge on any atom is 0.157 e. The van der Waals surface area contributed by atoms with Gasteiger partial charge in [-0.15, -0.1) is 0 Å². The highest BCUT2D eigenvalue weighted by molar-refractivity contribution is 5.10. The van der Waals surface area contributed by atoms with E-state index in [-0.39, 0.29) is 0 Å². The summed E-state index contributed by atoms with van der Waals surface area (Å²) in [6.07, 6.45) is 7.17. The molecule has 92 valence electrons. The average molecular weight is 225 g/mol. The van der Waals surface area contributed by atoms with Gasteiger partial charge >= 0.3 is 0 Å². The van der Waals surface area contributed by atoms with Crippen LogP contribution in [0.2, 0.25) is 0 Å². The lowest BCUT2D eigenvalue weighted by atomic mass is 10.2. The van der Waals surface area contributed by atoms with Crippen molar-refractivity contribution in [1.82, 2.24) is 15.1 Å². The number of nitrogens with one attached hydrogen (secondary N) is 1. The summed E-state index contributed by atoms with van der Waals surface area (Å²) >= 11 is 0. The molecule has 0 bridgehead atoms. The van der Waals surface area contributed by atoms with Crippen molar-refractivity contribution in [3.8, 4) is 5.75 Å². The molecule has 1 aromatic heterocycles. The zero-order valence-corrected chi connectivity index (χ0v) is 10.6. The van der Waals surface area contributed by atoms with E-state index >= 15 is 0 Å². The summed E-state index contributed by atoms with van der Waals surface area (Å²) in [5, 5.41) is 7.45. The molecule has 1 N–H and O–H groups in total. The first-order valence-corrected chi connectivity index (χ1v) is 6.03. The highest BCUT2D eigenvalue weighted by atomic mass is 16.5. The Bertz CT molecular complexity index is 284. The summed E-state index contributed by atoms with van der Waals surface area (Å²) in [5.74, 6) is 0.864. The molecule has 0 aromatic carbocycles. The third kappa shape index (κ3) is 5.75. The van der Waals surface area contributed by atoms with E-state index in [0.29, 0.717) is 6.04 Å². The van der Waals surface area contributed by atoms with Crippen LogP contribution in [0.5, 0.6) is 5.75 Å². The van der Waals surface area contributed by atoms with Gasteiger partial charge in [0.2, 0.25) is 0 Å². The molecule has 0 saturated carbocycles. The van der Waals surface area contributed by atoms with Gasteiger partial charge in [0.1, 0.15) is 0 Å². The van der Waals surface area contributed by atoms with Crippen LogP contribution in [-0.2, 0) is 7.05 Å². The third-order valence-corrected chi connectivity index (χ3v) is 2.32. The van der Waals surface area contributed by atoms with Gasteiger partial charge in [0.05, 0.1) is 19.0 Å². The second kappa shape index (κ2) is 7.28. The van der Waals surface area contributed by atoms with E-state index in [1.807, 2.05) is 13.2 Å². The second-order valence-corrected chi connectivity index (χ2v) is 4.37. The van der Waals surface area contributed by atoms with E-state index in [2.05, 4.69) is 24.3 Å². The van der Waals surface area contributed by atoms with Gasteiger partial charge in [-0.2, -0.15) is 5.10 Å². The van der Waals surface area contributed by atoms with Crippen molar-refractivity contribution in [1.29, 1.82) is 0 Å². The SMILES string of the molecule is CC(C)NCCCCCOc1cnn(C)c1. The van der Waals surface area contributed by atoms with Crippen molar-refractivity contribution >= 4 is 0 Å². The number of ether oxygens (including phenoxy) is 1. The number of hydrogen-bond donors (Lipinski definition) is 1. The Balaban J connectivity index is 1.92. The Morgan fingerprint density at radius 1 is 1.38 bits per heavy atom. The van der Waals surface area contributed by atoms with E-state index < -0.39 is 0 Å². The largest absolute Gasteiger partial charge is 0.490 e. The van der Waals surface area contributed by atoms with Crippen LogP contribution in [0.25, 0.3) is 0 Å². The molecule has 4 heteroatoms. The standard InChI is InChI=1S/C12H23N3O/c1-11(2)13-7-5-4-6-8-16-12-9-14-15(3)10-12/h9-11,13H,4-8H2,1-3H3. The lowest BCUT2D eigenvalue weighted by Crippen LogP contribution is -2.23. The van der Waals surface area contributed by atoms with Crippen molar-refractivity contribution in [3.63, 3.8) is 0 Å². The molecule has 0 radical (unpaired) electrons. The number of unbranched alkanes of at least 4 members (excludes halogenated alkanes) is 2. The third-order valence-electron chi connectivity index (χ3n) is 2.32. The predicted octanol–water partition coefficient (Wildman–Crippen LogP) is 1.97. The molecular formula is C12H23N3O. The van der Waals surface area contributed by atoms with Crippen molar-refractivity contribution in [2.75, 3.05) is 13.2 Å². The lowest BCUT2D eigenvalue weighted by molar-refractivity contribution is 0.304. The van der Waals surface area contributed by atoms with Gasteiger partial charge in [0.15, 0.2) is 5.75 Å². The number of nitrogens with zero attached hydrogens (tertiary/aromatic N) is 2. The molecule has 1 rings (SSSR count). The molecule has 1 aromatic rings. The Kier molecular flexibility index (Phi) is 5.93. The summed E-state index contributed by atoms with van der Waals surface area (Å²) in [7, 11) is 1.89. The van der Waals surface area contributed by atoms with Crippen molar-refractivity contribution in [2.45, 2.75) is 39.2 Å². The first-order chi connectivity index (χ1) is 7.68. The van der Waals surface area contributed by atoms with E-state index in [4.69, 9.17) is 4.74 Å². The van der Waals surface area contributed by atoms with E-state index in [9.17, 15) is 0 Å². The maximum atomic E-state index is 5.55. The van der Waals surface area contributed by atoms with Crippen molar-refractivity contribution in [2.24, 2.45) is 7.05 Å². The van der Waals surface area contributed by atoms with Crippen LogP contribution in [0, 0.1) is 0 Å². The van der Waals surface area contributed by atoms with Gasteiger partial charge in [-0.1, -0.05) is 13.8 Å². The second-order valence-electron chi connectivity index (χ2n) is 4.37. The van der Waals surface area contributed by atoms with Gasteiger partial charge in [0, 0.05) is 13.1 Å². The molecule has 0 amide bonds. The minimum atomic E-state index is 0.589. The van der Waals surface area contributed by atoms with Crippen LogP contribution in [0.1, 0.15) is 33.1 Å². The molecule has 0 unspecified atom stereocenters. The van der Waals surface area contributed by atoms with Gasteiger partial charge in [-0.25, -0.2) is 0 Å². The van der Waals surface area contributed by atoms with Gasteiger partial charge in [-0.3, -0.25) is 4.68 Å². The van der Waals surface area contributed by atoms with Crippen LogP contribution in [0.4, 0.5) is 0 Å². The molecule has 4 nitrogen and oxygen atoms in total. The Morgan fingerprint density at radius 3 is 2.81 bits per heavy atom. The Labute approximate surface area is 98.0 Å². The predicted molar refractivity (Wildman–Crippen MR) is 65.7 cm³/mol. The number of aryl methyl sites for hydroxylation is 1. The normalized spacial score (nSPS) is 11.0. The van der Waals surface area contributed by atoms with Crippen LogP contribution in [0.15, 0.2) is 12.4 Å². The highest BCUT2D eigenvalue weighted by Crippen LogP contribution is 2.07. The number of aromatic nitrogens is 2. The molecule has 0 aliphatic rings. The van der Waals surface area contributed by atoms with E-state index in [1.54, 1.807) is 10.9 Å². The molecule has 0 saturated heterocycles. The fourth-order valence-corrected chi connectivity index (χ4v) is 1.46.